The van der Waals surface area contributed by atoms with E-state index in [-0.39, 0.29) is 36.2 Å². The van der Waals surface area contributed by atoms with Crippen LogP contribution in [-0.4, -0.2) is 92.9 Å². The van der Waals surface area contributed by atoms with Gasteiger partial charge in [-0.05, 0) is 62.4 Å². The second kappa shape index (κ2) is 16.5. The second-order valence-electron chi connectivity index (χ2n) is 11.6. The Morgan fingerprint density at radius 2 is 1.76 bits per heavy atom. The van der Waals surface area contributed by atoms with Gasteiger partial charge in [0.15, 0.2) is 0 Å². The highest BCUT2D eigenvalue weighted by Gasteiger charge is 2.36. The molecule has 0 radical (unpaired) electrons. The summed E-state index contributed by atoms with van der Waals surface area (Å²) in [4.78, 5) is 32.0. The number of amides is 3. The van der Waals surface area contributed by atoms with E-state index < -0.39 is 28.6 Å². The molecule has 5 N–H and O–H groups in total. The van der Waals surface area contributed by atoms with Gasteiger partial charge >= 0.3 is 6.03 Å². The summed E-state index contributed by atoms with van der Waals surface area (Å²) in [7, 11) is -3.94. The van der Waals surface area contributed by atoms with Gasteiger partial charge in [0.2, 0.25) is 15.9 Å². The quantitative estimate of drug-likeness (QED) is 0.167. The number of pyridine rings is 1. The summed E-state index contributed by atoms with van der Waals surface area (Å²) in [5, 5.41) is 18.7. The van der Waals surface area contributed by atoms with Crippen LogP contribution in [0.15, 0.2) is 71.8 Å². The molecule has 2 aromatic carbocycles. The summed E-state index contributed by atoms with van der Waals surface area (Å²) in [5.74, 6) is 0.228. The number of benzene rings is 2. The molecule has 1 aliphatic heterocycles. The minimum Gasteiger partial charge on any atom is -0.395 e. The summed E-state index contributed by atoms with van der Waals surface area (Å²) < 4.78 is 34.6. The molecule has 1 aromatic heterocycles. The van der Waals surface area contributed by atoms with E-state index in [9.17, 15) is 23.1 Å². The number of aliphatic hydroxyl groups is 1. The monoisotopic (exact) mass is 652 g/mol. The number of nitrogens with zero attached hydrogens (tertiary/aromatic N) is 2. The number of aryl methyl sites for hydroxylation is 3. The lowest BCUT2D eigenvalue weighted by molar-refractivity contribution is -0.127. The van der Waals surface area contributed by atoms with Gasteiger partial charge in [0.25, 0.3) is 0 Å². The van der Waals surface area contributed by atoms with Gasteiger partial charge in [0.1, 0.15) is 12.4 Å². The Labute approximate surface area is 271 Å². The number of carbonyl (C=O) groups is 2. The Morgan fingerprint density at radius 3 is 2.43 bits per heavy atom. The minimum absolute atomic E-state index is 0.126. The van der Waals surface area contributed by atoms with Crippen LogP contribution in [-0.2, 0) is 26.0 Å². The molecule has 3 aromatic rings. The van der Waals surface area contributed by atoms with Gasteiger partial charge < -0.3 is 30.7 Å². The van der Waals surface area contributed by atoms with Gasteiger partial charge in [-0.2, -0.15) is 0 Å². The first kappa shape index (κ1) is 34.8. The predicted octanol–water partition coefficient (Wildman–Crippen LogP) is 2.29. The minimum atomic E-state index is -3.94. The number of likely N-dealkylation sites (tertiary alicyclic amines) is 1. The van der Waals surface area contributed by atoms with Crippen LogP contribution in [0.4, 0.5) is 10.6 Å². The van der Waals surface area contributed by atoms with Crippen LogP contribution in [0, 0.1) is 20.8 Å². The Hall–Kier alpha value is -4.04. The molecule has 1 saturated heterocycles. The normalized spacial score (nSPS) is 17.0. The van der Waals surface area contributed by atoms with Crippen molar-refractivity contribution in [2.45, 2.75) is 56.7 Å². The van der Waals surface area contributed by atoms with Crippen LogP contribution in [0.3, 0.4) is 0 Å². The first-order chi connectivity index (χ1) is 22.1. The molecular formula is C33H44N6O6S. The maximum Gasteiger partial charge on any atom is 0.317 e. The number of rotatable bonds is 15. The van der Waals surface area contributed by atoms with Crippen molar-refractivity contribution >= 4 is 27.8 Å². The Morgan fingerprint density at radius 1 is 1.04 bits per heavy atom. The number of aliphatic hydroxyl groups excluding tert-OH is 1. The lowest BCUT2D eigenvalue weighted by Crippen LogP contribution is -2.47. The number of sulfonamides is 1. The van der Waals surface area contributed by atoms with E-state index in [0.717, 1.165) is 11.1 Å². The van der Waals surface area contributed by atoms with Crippen molar-refractivity contribution in [2.24, 2.45) is 0 Å². The first-order valence-electron chi connectivity index (χ1n) is 15.4. The topological polar surface area (TPSA) is 162 Å². The van der Waals surface area contributed by atoms with Crippen molar-refractivity contribution in [1.29, 1.82) is 0 Å². The molecule has 248 valence electrons. The highest BCUT2D eigenvalue weighted by molar-refractivity contribution is 7.89. The lowest BCUT2D eigenvalue weighted by Gasteiger charge is -2.25. The zero-order chi connectivity index (χ0) is 33.1. The molecule has 0 spiro atoms. The maximum atomic E-state index is 13.2. The molecule has 0 bridgehead atoms. The van der Waals surface area contributed by atoms with Gasteiger partial charge in [-0.15, -0.1) is 0 Å². The molecule has 12 nitrogen and oxygen atoms in total. The van der Waals surface area contributed by atoms with Crippen LogP contribution in [0.2, 0.25) is 0 Å². The van der Waals surface area contributed by atoms with E-state index in [0.29, 0.717) is 49.4 Å². The summed E-state index contributed by atoms with van der Waals surface area (Å²) in [6.07, 6.45) is 2.51. The molecule has 13 heteroatoms. The Balaban J connectivity index is 1.28. The van der Waals surface area contributed by atoms with Crippen molar-refractivity contribution in [3.05, 3.63) is 89.1 Å². The summed E-state index contributed by atoms with van der Waals surface area (Å²) in [6, 6.07) is 17.7. The van der Waals surface area contributed by atoms with Crippen molar-refractivity contribution in [1.82, 2.24) is 25.2 Å². The van der Waals surface area contributed by atoms with Crippen molar-refractivity contribution in [2.75, 3.05) is 44.7 Å². The van der Waals surface area contributed by atoms with Crippen LogP contribution in [0.25, 0.3) is 0 Å². The molecule has 0 unspecified atom stereocenters. The van der Waals surface area contributed by atoms with Crippen LogP contribution >= 0.6 is 0 Å². The fraction of sp³-hybridized carbons (Fsp3) is 0.424. The standard InChI is InChI=1S/C33H44N6O6S/c1-23-15-24(2)32(25(3)16-23)46(43,44)38-27(21-40)18-37-31(41)22-45-29-17-28(19-36-30-11-7-8-13-34-30)39(20-29)33(42)35-14-12-26-9-5-4-6-10-26/h4-11,13,15-16,27-29,38,40H,12,14,17-22H2,1-3H3,(H,34,36)(H,35,42)(H,37,41)/t27-,28-,29+/m0/s1. The van der Waals surface area contributed by atoms with Gasteiger partial charge in [0, 0.05) is 32.4 Å². The third kappa shape index (κ3) is 9.98. The molecule has 0 saturated carbocycles. The fourth-order valence-electron chi connectivity index (χ4n) is 5.68. The van der Waals surface area contributed by atoms with E-state index in [1.165, 1.54) is 0 Å². The second-order valence-corrected chi connectivity index (χ2v) is 13.2. The average molecular weight is 653 g/mol. The molecule has 1 fully saturated rings. The first-order valence-corrected chi connectivity index (χ1v) is 16.9. The third-order valence-corrected chi connectivity index (χ3v) is 9.59. The molecule has 2 heterocycles. The number of anilines is 1. The average Bonchev–Trinajstić information content (AvgIpc) is 3.44. The van der Waals surface area contributed by atoms with Crippen molar-refractivity contribution in [3.63, 3.8) is 0 Å². The van der Waals surface area contributed by atoms with Crippen molar-refractivity contribution in [3.8, 4) is 0 Å². The van der Waals surface area contributed by atoms with E-state index >= 15 is 0 Å². The zero-order valence-electron chi connectivity index (χ0n) is 26.5. The van der Waals surface area contributed by atoms with Gasteiger partial charge in [-0.1, -0.05) is 54.1 Å². The van der Waals surface area contributed by atoms with E-state index in [1.54, 1.807) is 37.1 Å². The smallest absolute Gasteiger partial charge is 0.317 e. The molecule has 0 aliphatic carbocycles. The number of nitrogens with one attached hydrogen (secondary N) is 4. The number of urea groups is 1. The fourth-order valence-corrected chi connectivity index (χ4v) is 7.36. The number of ether oxygens (including phenoxy) is 1. The molecule has 3 atom stereocenters. The van der Waals surface area contributed by atoms with E-state index in [1.807, 2.05) is 55.5 Å². The Kier molecular flexibility index (Phi) is 12.5. The summed E-state index contributed by atoms with van der Waals surface area (Å²) in [5.41, 5.74) is 3.28. The van der Waals surface area contributed by atoms with E-state index in [4.69, 9.17) is 4.74 Å². The van der Waals surface area contributed by atoms with Gasteiger partial charge in [-0.3, -0.25) is 4.79 Å². The zero-order valence-corrected chi connectivity index (χ0v) is 27.3. The molecule has 1 aliphatic rings. The largest absolute Gasteiger partial charge is 0.395 e. The third-order valence-electron chi connectivity index (χ3n) is 7.76. The lowest BCUT2D eigenvalue weighted by atomic mass is 10.1. The van der Waals surface area contributed by atoms with Crippen molar-refractivity contribution < 1.29 is 27.9 Å². The summed E-state index contributed by atoms with van der Waals surface area (Å²) >= 11 is 0. The highest BCUT2D eigenvalue weighted by atomic mass is 32.2. The predicted molar refractivity (Wildman–Crippen MR) is 176 cm³/mol. The Bertz CT molecular complexity index is 1530. The molecule has 3 amide bonds. The number of aromatic nitrogens is 1. The van der Waals surface area contributed by atoms with Crippen LogP contribution in [0.5, 0.6) is 0 Å². The number of hydrogen-bond acceptors (Lipinski definition) is 8. The van der Waals surface area contributed by atoms with Gasteiger partial charge in [-0.25, -0.2) is 22.9 Å². The van der Waals surface area contributed by atoms with Crippen LogP contribution in [0.1, 0.15) is 28.7 Å². The number of hydrogen-bond donors (Lipinski definition) is 5. The maximum absolute atomic E-state index is 13.2. The number of carbonyl (C=O) groups excluding carboxylic acids is 2. The van der Waals surface area contributed by atoms with Gasteiger partial charge in [0.05, 0.1) is 29.7 Å². The SMILES string of the molecule is Cc1cc(C)c(S(=O)(=O)N[C@H](CO)CNC(=O)CO[C@@H]2C[C@@H](CNc3ccccn3)N(C(=O)NCCc3ccccc3)C2)c(C)c1. The van der Waals surface area contributed by atoms with E-state index in [2.05, 4.69) is 25.7 Å². The molecule has 4 rings (SSSR count). The highest BCUT2D eigenvalue weighted by Crippen LogP contribution is 2.23. The molecular weight excluding hydrogens is 608 g/mol. The summed E-state index contributed by atoms with van der Waals surface area (Å²) in [6.45, 7) is 5.65. The molecule has 46 heavy (non-hydrogen) atoms. The van der Waals surface area contributed by atoms with Crippen LogP contribution < -0.4 is 20.7 Å².